The second-order valence-corrected chi connectivity index (χ2v) is 3.79. The fourth-order valence-electron chi connectivity index (χ4n) is 1.76. The predicted molar refractivity (Wildman–Crippen MR) is 60.7 cm³/mol. The summed E-state index contributed by atoms with van der Waals surface area (Å²) in [5.74, 6) is 0.0856. The summed E-state index contributed by atoms with van der Waals surface area (Å²) in [4.78, 5) is 13.9. The SMILES string of the molecule is O=C(/C=C\N1CCCC1)c1ccccc1. The lowest BCUT2D eigenvalue weighted by Crippen LogP contribution is -2.11. The molecule has 78 valence electrons. The highest BCUT2D eigenvalue weighted by molar-refractivity contribution is 6.04. The summed E-state index contributed by atoms with van der Waals surface area (Å²) in [6.45, 7) is 2.16. The van der Waals surface area contributed by atoms with Crippen LogP contribution in [0.25, 0.3) is 0 Å². The Morgan fingerprint density at radius 2 is 1.80 bits per heavy atom. The molecule has 0 spiro atoms. The van der Waals surface area contributed by atoms with Crippen molar-refractivity contribution in [2.24, 2.45) is 0 Å². The minimum atomic E-state index is 0.0856. The van der Waals surface area contributed by atoms with E-state index in [0.29, 0.717) is 0 Å². The molecule has 1 saturated heterocycles. The summed E-state index contributed by atoms with van der Waals surface area (Å²) in [6, 6.07) is 9.38. The smallest absolute Gasteiger partial charge is 0.187 e. The lowest BCUT2D eigenvalue weighted by Gasteiger charge is -2.09. The molecule has 2 rings (SSSR count). The van der Waals surface area contributed by atoms with Gasteiger partial charge in [-0.05, 0) is 12.8 Å². The van der Waals surface area contributed by atoms with E-state index in [0.717, 1.165) is 18.7 Å². The standard InChI is InChI=1S/C13H15NO/c15-13(12-6-2-1-3-7-12)8-11-14-9-4-5-10-14/h1-3,6-8,11H,4-5,9-10H2/b11-8-. The van der Waals surface area contributed by atoms with Gasteiger partial charge in [-0.3, -0.25) is 4.79 Å². The fraction of sp³-hybridized carbons (Fsp3) is 0.308. The molecule has 0 bridgehead atoms. The molecule has 0 unspecified atom stereocenters. The third-order valence-electron chi connectivity index (χ3n) is 2.64. The van der Waals surface area contributed by atoms with Crippen LogP contribution in [0.1, 0.15) is 23.2 Å². The van der Waals surface area contributed by atoms with Crippen molar-refractivity contribution < 1.29 is 4.79 Å². The Labute approximate surface area is 90.2 Å². The topological polar surface area (TPSA) is 20.3 Å². The van der Waals surface area contributed by atoms with Crippen molar-refractivity contribution in [3.8, 4) is 0 Å². The van der Waals surface area contributed by atoms with E-state index in [2.05, 4.69) is 4.90 Å². The van der Waals surface area contributed by atoms with Gasteiger partial charge in [0.15, 0.2) is 5.78 Å². The zero-order valence-electron chi connectivity index (χ0n) is 8.73. The fourth-order valence-corrected chi connectivity index (χ4v) is 1.76. The maximum atomic E-state index is 11.7. The molecule has 0 amide bonds. The predicted octanol–water partition coefficient (Wildman–Crippen LogP) is 2.48. The van der Waals surface area contributed by atoms with Gasteiger partial charge in [-0.15, -0.1) is 0 Å². The number of rotatable bonds is 3. The first-order chi connectivity index (χ1) is 7.36. The molecule has 1 aliphatic rings. The van der Waals surface area contributed by atoms with Crippen molar-refractivity contribution in [3.05, 3.63) is 48.2 Å². The van der Waals surface area contributed by atoms with Crippen LogP contribution in [0.2, 0.25) is 0 Å². The lowest BCUT2D eigenvalue weighted by molar-refractivity contribution is 0.104. The zero-order valence-corrected chi connectivity index (χ0v) is 8.73. The highest BCUT2D eigenvalue weighted by Crippen LogP contribution is 2.08. The molecule has 2 nitrogen and oxygen atoms in total. The van der Waals surface area contributed by atoms with Crippen LogP contribution in [0.4, 0.5) is 0 Å². The number of hydrogen-bond acceptors (Lipinski definition) is 2. The summed E-state index contributed by atoms with van der Waals surface area (Å²) < 4.78 is 0. The van der Waals surface area contributed by atoms with Gasteiger partial charge in [0.25, 0.3) is 0 Å². The van der Waals surface area contributed by atoms with Gasteiger partial charge in [0, 0.05) is 30.9 Å². The van der Waals surface area contributed by atoms with Crippen LogP contribution in [-0.2, 0) is 0 Å². The van der Waals surface area contributed by atoms with Crippen LogP contribution in [0.15, 0.2) is 42.6 Å². The maximum Gasteiger partial charge on any atom is 0.187 e. The van der Waals surface area contributed by atoms with E-state index < -0.39 is 0 Å². The molecule has 2 heteroatoms. The number of carbonyl (C=O) groups excluding carboxylic acids is 1. The van der Waals surface area contributed by atoms with Gasteiger partial charge in [-0.25, -0.2) is 0 Å². The second kappa shape index (κ2) is 4.78. The van der Waals surface area contributed by atoms with Gasteiger partial charge in [0.1, 0.15) is 0 Å². The molecule has 0 aromatic heterocycles. The molecule has 1 aromatic rings. The Morgan fingerprint density at radius 3 is 2.47 bits per heavy atom. The summed E-state index contributed by atoms with van der Waals surface area (Å²) in [5.41, 5.74) is 0.757. The van der Waals surface area contributed by atoms with E-state index >= 15 is 0 Å². The van der Waals surface area contributed by atoms with Crippen molar-refractivity contribution in [1.82, 2.24) is 4.90 Å². The Balaban J connectivity index is 1.97. The Morgan fingerprint density at radius 1 is 1.13 bits per heavy atom. The zero-order chi connectivity index (χ0) is 10.5. The Hall–Kier alpha value is -1.57. The molecule has 0 saturated carbocycles. The normalized spacial score (nSPS) is 16.1. The molecule has 0 aliphatic carbocycles. The monoisotopic (exact) mass is 201 g/mol. The average molecular weight is 201 g/mol. The summed E-state index contributed by atoms with van der Waals surface area (Å²) in [5, 5.41) is 0. The quantitative estimate of drug-likeness (QED) is 0.553. The number of ketones is 1. The molecular formula is C13H15NO. The van der Waals surface area contributed by atoms with Crippen molar-refractivity contribution in [1.29, 1.82) is 0 Å². The number of benzene rings is 1. The van der Waals surface area contributed by atoms with Gasteiger partial charge in [-0.2, -0.15) is 0 Å². The molecule has 1 heterocycles. The molecule has 0 radical (unpaired) electrons. The molecule has 0 N–H and O–H groups in total. The van der Waals surface area contributed by atoms with Gasteiger partial charge >= 0.3 is 0 Å². The highest BCUT2D eigenvalue weighted by Gasteiger charge is 2.07. The van der Waals surface area contributed by atoms with Gasteiger partial charge in [0.05, 0.1) is 0 Å². The molecule has 1 aliphatic heterocycles. The lowest BCUT2D eigenvalue weighted by atomic mass is 10.1. The van der Waals surface area contributed by atoms with Crippen LogP contribution in [0.5, 0.6) is 0 Å². The van der Waals surface area contributed by atoms with Crippen LogP contribution < -0.4 is 0 Å². The van der Waals surface area contributed by atoms with Crippen molar-refractivity contribution in [2.75, 3.05) is 13.1 Å². The van der Waals surface area contributed by atoms with Crippen LogP contribution in [0.3, 0.4) is 0 Å². The minimum Gasteiger partial charge on any atom is -0.377 e. The third-order valence-corrected chi connectivity index (χ3v) is 2.64. The molecule has 15 heavy (non-hydrogen) atoms. The van der Waals surface area contributed by atoms with E-state index in [-0.39, 0.29) is 5.78 Å². The molecular weight excluding hydrogens is 186 g/mol. The van der Waals surface area contributed by atoms with Crippen LogP contribution in [0, 0.1) is 0 Å². The van der Waals surface area contributed by atoms with E-state index in [4.69, 9.17) is 0 Å². The van der Waals surface area contributed by atoms with Crippen LogP contribution in [-0.4, -0.2) is 23.8 Å². The first-order valence-electron chi connectivity index (χ1n) is 5.38. The van der Waals surface area contributed by atoms with Gasteiger partial charge in [0.2, 0.25) is 0 Å². The number of carbonyl (C=O) groups is 1. The average Bonchev–Trinajstić information content (AvgIpc) is 2.80. The van der Waals surface area contributed by atoms with E-state index in [9.17, 15) is 4.79 Å². The van der Waals surface area contributed by atoms with E-state index in [1.807, 2.05) is 36.5 Å². The Kier molecular flexibility index (Phi) is 3.18. The van der Waals surface area contributed by atoms with Crippen LogP contribution >= 0.6 is 0 Å². The third kappa shape index (κ3) is 2.69. The van der Waals surface area contributed by atoms with E-state index in [1.165, 1.54) is 12.8 Å². The van der Waals surface area contributed by atoms with Gasteiger partial charge < -0.3 is 4.90 Å². The van der Waals surface area contributed by atoms with Crippen molar-refractivity contribution in [3.63, 3.8) is 0 Å². The van der Waals surface area contributed by atoms with E-state index in [1.54, 1.807) is 6.08 Å². The molecule has 1 aromatic carbocycles. The largest absolute Gasteiger partial charge is 0.377 e. The van der Waals surface area contributed by atoms with Crippen molar-refractivity contribution >= 4 is 5.78 Å². The summed E-state index contributed by atoms with van der Waals surface area (Å²) >= 11 is 0. The van der Waals surface area contributed by atoms with Crippen molar-refractivity contribution in [2.45, 2.75) is 12.8 Å². The minimum absolute atomic E-state index is 0.0856. The maximum absolute atomic E-state index is 11.7. The second-order valence-electron chi connectivity index (χ2n) is 3.79. The first kappa shape index (κ1) is 9.97. The Bertz CT molecular complexity index is 350. The first-order valence-corrected chi connectivity index (χ1v) is 5.38. The summed E-state index contributed by atoms with van der Waals surface area (Å²) in [6.07, 6.45) is 6.07. The number of likely N-dealkylation sites (tertiary alicyclic amines) is 1. The number of allylic oxidation sites excluding steroid dienone is 1. The number of hydrogen-bond donors (Lipinski definition) is 0. The molecule has 1 fully saturated rings. The number of nitrogens with zero attached hydrogens (tertiary/aromatic N) is 1. The molecule has 0 atom stereocenters. The summed E-state index contributed by atoms with van der Waals surface area (Å²) in [7, 11) is 0. The van der Waals surface area contributed by atoms with Gasteiger partial charge in [-0.1, -0.05) is 30.3 Å². The highest BCUT2D eigenvalue weighted by atomic mass is 16.1.